The third-order valence-corrected chi connectivity index (χ3v) is 5.22. The summed E-state index contributed by atoms with van der Waals surface area (Å²) in [5, 5.41) is 3.45. The summed E-state index contributed by atoms with van der Waals surface area (Å²) >= 11 is 3.75. The average Bonchev–Trinajstić information content (AvgIpc) is 2.60. The highest BCUT2D eigenvalue weighted by molar-refractivity contribution is 9.10. The van der Waals surface area contributed by atoms with Gasteiger partial charge in [-0.2, -0.15) is 0 Å². The van der Waals surface area contributed by atoms with Gasteiger partial charge in [-0.15, -0.1) is 0 Å². The van der Waals surface area contributed by atoms with Gasteiger partial charge in [0.1, 0.15) is 0 Å². The largest absolute Gasteiger partial charge is 0.493 e. The maximum absolute atomic E-state index is 5.52. The van der Waals surface area contributed by atoms with Crippen molar-refractivity contribution >= 4 is 15.9 Å². The SMILES string of the molecule is CCCCC[C@H](c1cc(OC)c(OC)cc1Br)N1CCNCC1. The third-order valence-electron chi connectivity index (χ3n) is 4.54. The van der Waals surface area contributed by atoms with E-state index in [2.05, 4.69) is 39.1 Å². The van der Waals surface area contributed by atoms with Gasteiger partial charge in [-0.05, 0) is 24.1 Å². The number of hydrogen-bond acceptors (Lipinski definition) is 4. The predicted molar refractivity (Wildman–Crippen MR) is 98.6 cm³/mol. The lowest BCUT2D eigenvalue weighted by atomic mass is 9.97. The third kappa shape index (κ3) is 4.85. The molecule has 0 aliphatic carbocycles. The van der Waals surface area contributed by atoms with Crippen LogP contribution in [-0.4, -0.2) is 45.3 Å². The van der Waals surface area contributed by atoms with Gasteiger partial charge >= 0.3 is 0 Å². The Labute approximate surface area is 148 Å². The second kappa shape index (κ2) is 9.50. The molecule has 1 aliphatic rings. The molecule has 1 heterocycles. The molecule has 1 saturated heterocycles. The Hall–Kier alpha value is -0.780. The second-order valence-corrected chi connectivity index (χ2v) is 6.88. The smallest absolute Gasteiger partial charge is 0.161 e. The molecule has 2 rings (SSSR count). The first-order chi connectivity index (χ1) is 11.2. The molecule has 5 heteroatoms. The van der Waals surface area contributed by atoms with Crippen LogP contribution in [0.1, 0.15) is 44.2 Å². The maximum atomic E-state index is 5.52. The molecule has 130 valence electrons. The van der Waals surface area contributed by atoms with Gasteiger partial charge in [0.2, 0.25) is 0 Å². The molecule has 1 N–H and O–H groups in total. The number of hydrogen-bond donors (Lipinski definition) is 1. The number of benzene rings is 1. The molecule has 0 spiro atoms. The monoisotopic (exact) mass is 384 g/mol. The van der Waals surface area contributed by atoms with Crippen LogP contribution in [0.3, 0.4) is 0 Å². The summed E-state index contributed by atoms with van der Waals surface area (Å²) in [4.78, 5) is 2.60. The van der Waals surface area contributed by atoms with Crippen molar-refractivity contribution in [1.29, 1.82) is 0 Å². The molecule has 1 aliphatic heterocycles. The molecule has 1 aromatic rings. The Morgan fingerprint density at radius 1 is 1.13 bits per heavy atom. The van der Waals surface area contributed by atoms with E-state index in [1.165, 1.54) is 31.2 Å². The zero-order valence-electron chi connectivity index (χ0n) is 14.5. The fourth-order valence-electron chi connectivity index (χ4n) is 3.24. The van der Waals surface area contributed by atoms with E-state index in [-0.39, 0.29) is 0 Å². The van der Waals surface area contributed by atoms with Crippen LogP contribution in [0.4, 0.5) is 0 Å². The van der Waals surface area contributed by atoms with E-state index in [0.717, 1.165) is 42.2 Å². The number of rotatable bonds is 8. The molecule has 0 bridgehead atoms. The zero-order chi connectivity index (χ0) is 16.7. The molecular formula is C18H29BrN2O2. The fraction of sp³-hybridized carbons (Fsp3) is 0.667. The highest BCUT2D eigenvalue weighted by Gasteiger charge is 2.25. The summed E-state index contributed by atoms with van der Waals surface area (Å²) in [6.07, 6.45) is 4.97. The van der Waals surface area contributed by atoms with Gasteiger partial charge in [-0.25, -0.2) is 0 Å². The van der Waals surface area contributed by atoms with E-state index in [1.54, 1.807) is 14.2 Å². The van der Waals surface area contributed by atoms with Crippen molar-refractivity contribution < 1.29 is 9.47 Å². The van der Waals surface area contributed by atoms with Crippen LogP contribution in [0.15, 0.2) is 16.6 Å². The fourth-order valence-corrected chi connectivity index (χ4v) is 3.83. The van der Waals surface area contributed by atoms with Crippen molar-refractivity contribution in [2.45, 2.75) is 38.6 Å². The van der Waals surface area contributed by atoms with Gasteiger partial charge in [0.05, 0.1) is 14.2 Å². The van der Waals surface area contributed by atoms with Crippen molar-refractivity contribution in [3.63, 3.8) is 0 Å². The summed E-state index contributed by atoms with van der Waals surface area (Å²) in [7, 11) is 3.38. The van der Waals surface area contributed by atoms with Gasteiger partial charge in [-0.1, -0.05) is 42.1 Å². The minimum Gasteiger partial charge on any atom is -0.493 e. The van der Waals surface area contributed by atoms with Crippen LogP contribution in [0.2, 0.25) is 0 Å². The lowest BCUT2D eigenvalue weighted by Gasteiger charge is -2.36. The Bertz CT molecular complexity index is 490. The van der Waals surface area contributed by atoms with Gasteiger partial charge in [-0.3, -0.25) is 4.90 Å². The quantitative estimate of drug-likeness (QED) is 0.686. The van der Waals surface area contributed by atoms with Crippen LogP contribution < -0.4 is 14.8 Å². The summed E-state index contributed by atoms with van der Waals surface area (Å²) in [6.45, 7) is 6.58. The zero-order valence-corrected chi connectivity index (χ0v) is 16.1. The molecule has 23 heavy (non-hydrogen) atoms. The van der Waals surface area contributed by atoms with Crippen LogP contribution in [0.5, 0.6) is 11.5 Å². The van der Waals surface area contributed by atoms with Gasteiger partial charge < -0.3 is 14.8 Å². The van der Waals surface area contributed by atoms with E-state index in [9.17, 15) is 0 Å². The Morgan fingerprint density at radius 3 is 2.39 bits per heavy atom. The number of halogens is 1. The first kappa shape index (κ1) is 18.6. The van der Waals surface area contributed by atoms with Gasteiger partial charge in [0, 0.05) is 36.7 Å². The highest BCUT2D eigenvalue weighted by atomic mass is 79.9. The molecule has 1 aromatic carbocycles. The lowest BCUT2D eigenvalue weighted by molar-refractivity contribution is 0.162. The molecule has 0 aromatic heterocycles. The second-order valence-electron chi connectivity index (χ2n) is 6.03. The summed E-state index contributed by atoms with van der Waals surface area (Å²) in [5.41, 5.74) is 1.31. The molecule has 1 atom stereocenters. The molecule has 4 nitrogen and oxygen atoms in total. The highest BCUT2D eigenvalue weighted by Crippen LogP contribution is 2.39. The standard InChI is InChI=1S/C18H29BrN2O2/c1-4-5-6-7-16(21-10-8-20-9-11-21)14-12-17(22-2)18(23-3)13-15(14)19/h12-13,16,20H,4-11H2,1-3H3/t16-/m1/s1. The van der Waals surface area contributed by atoms with E-state index in [1.807, 2.05) is 6.07 Å². The molecule has 0 amide bonds. The summed E-state index contributed by atoms with van der Waals surface area (Å²) < 4.78 is 12.0. The van der Waals surface area contributed by atoms with Crippen molar-refractivity contribution in [3.05, 3.63) is 22.2 Å². The molecule has 0 radical (unpaired) electrons. The number of nitrogens with zero attached hydrogens (tertiary/aromatic N) is 1. The minimum atomic E-state index is 0.429. The minimum absolute atomic E-state index is 0.429. The van der Waals surface area contributed by atoms with Crippen LogP contribution >= 0.6 is 15.9 Å². The molecular weight excluding hydrogens is 356 g/mol. The maximum Gasteiger partial charge on any atom is 0.161 e. The Kier molecular flexibility index (Phi) is 7.66. The normalized spacial score (nSPS) is 17.0. The first-order valence-corrected chi connectivity index (χ1v) is 9.36. The topological polar surface area (TPSA) is 33.7 Å². The number of nitrogens with one attached hydrogen (secondary N) is 1. The van der Waals surface area contributed by atoms with E-state index >= 15 is 0 Å². The molecule has 0 saturated carbocycles. The number of piperazine rings is 1. The Balaban J connectivity index is 2.29. The summed E-state index contributed by atoms with van der Waals surface area (Å²) in [5.74, 6) is 1.58. The molecule has 0 unspecified atom stereocenters. The van der Waals surface area contributed by atoms with E-state index in [4.69, 9.17) is 9.47 Å². The average molecular weight is 385 g/mol. The van der Waals surface area contributed by atoms with E-state index < -0.39 is 0 Å². The van der Waals surface area contributed by atoms with Crippen LogP contribution in [0.25, 0.3) is 0 Å². The van der Waals surface area contributed by atoms with Crippen LogP contribution in [-0.2, 0) is 0 Å². The number of ether oxygens (including phenoxy) is 2. The summed E-state index contributed by atoms with van der Waals surface area (Å²) in [6, 6.07) is 4.60. The van der Waals surface area contributed by atoms with Crippen molar-refractivity contribution in [2.24, 2.45) is 0 Å². The predicted octanol–water partition coefficient (Wildman–Crippen LogP) is 3.99. The number of methoxy groups -OCH3 is 2. The van der Waals surface area contributed by atoms with Gasteiger partial charge in [0.25, 0.3) is 0 Å². The van der Waals surface area contributed by atoms with Crippen LogP contribution in [0, 0.1) is 0 Å². The van der Waals surface area contributed by atoms with Crippen molar-refractivity contribution in [1.82, 2.24) is 10.2 Å². The van der Waals surface area contributed by atoms with Gasteiger partial charge in [0.15, 0.2) is 11.5 Å². The molecule has 1 fully saturated rings. The van der Waals surface area contributed by atoms with Crippen molar-refractivity contribution in [3.8, 4) is 11.5 Å². The number of unbranched alkanes of at least 4 members (excludes halogenated alkanes) is 2. The lowest BCUT2D eigenvalue weighted by Crippen LogP contribution is -2.45. The van der Waals surface area contributed by atoms with E-state index in [0.29, 0.717) is 6.04 Å². The first-order valence-electron chi connectivity index (χ1n) is 8.57. The Morgan fingerprint density at radius 2 is 1.78 bits per heavy atom. The van der Waals surface area contributed by atoms with Crippen molar-refractivity contribution in [2.75, 3.05) is 40.4 Å².